The van der Waals surface area contributed by atoms with E-state index in [0.29, 0.717) is 6.42 Å². The van der Waals surface area contributed by atoms with Gasteiger partial charge in [-0.3, -0.25) is 0 Å². The highest BCUT2D eigenvalue weighted by atomic mass is 32.1. The van der Waals surface area contributed by atoms with E-state index in [1.807, 2.05) is 5.38 Å². The average molecular weight is 245 g/mol. The lowest BCUT2D eigenvalue weighted by Crippen LogP contribution is -2.02. The van der Waals surface area contributed by atoms with Crippen LogP contribution in [0.2, 0.25) is 0 Å². The molecule has 3 rings (SSSR count). The van der Waals surface area contributed by atoms with Crippen LogP contribution in [0.4, 0.5) is 0 Å². The molecule has 0 aliphatic heterocycles. The van der Waals surface area contributed by atoms with Crippen LogP contribution in [0.25, 0.3) is 0 Å². The molecule has 3 heteroatoms. The van der Waals surface area contributed by atoms with Crippen molar-refractivity contribution in [3.8, 4) is 0 Å². The number of thiazole rings is 1. The third-order valence-corrected chi connectivity index (χ3v) is 4.16. The number of rotatable bonds is 3. The molecule has 0 spiro atoms. The molecule has 1 aliphatic carbocycles. The Bertz CT molecular complexity index is 507. The Kier molecular flexibility index (Phi) is 2.95. The Morgan fingerprint density at radius 1 is 1.29 bits per heavy atom. The highest BCUT2D eigenvalue weighted by molar-refractivity contribution is 7.09. The zero-order chi connectivity index (χ0) is 11.7. The van der Waals surface area contributed by atoms with Crippen LogP contribution in [0.3, 0.4) is 0 Å². The van der Waals surface area contributed by atoms with E-state index in [1.54, 1.807) is 17.5 Å². The molecule has 1 atom stereocenters. The number of aliphatic hydroxyl groups is 1. The molecule has 0 fully saturated rings. The van der Waals surface area contributed by atoms with Crippen molar-refractivity contribution in [2.45, 2.75) is 31.8 Å². The summed E-state index contributed by atoms with van der Waals surface area (Å²) in [5.41, 5.74) is 3.90. The maximum absolute atomic E-state index is 10.2. The van der Waals surface area contributed by atoms with E-state index in [-0.39, 0.29) is 0 Å². The van der Waals surface area contributed by atoms with Gasteiger partial charge < -0.3 is 5.11 Å². The number of fused-ring (bicyclic) bond motifs is 1. The van der Waals surface area contributed by atoms with Gasteiger partial charge >= 0.3 is 0 Å². The van der Waals surface area contributed by atoms with Gasteiger partial charge in [-0.05, 0) is 36.0 Å². The molecule has 1 aromatic heterocycles. The van der Waals surface area contributed by atoms with Crippen LogP contribution in [0.15, 0.2) is 29.8 Å². The number of aliphatic hydroxyl groups excluding tert-OH is 1. The van der Waals surface area contributed by atoms with Crippen molar-refractivity contribution in [3.05, 3.63) is 51.5 Å². The third-order valence-electron chi connectivity index (χ3n) is 3.36. The first kappa shape index (κ1) is 10.9. The summed E-state index contributed by atoms with van der Waals surface area (Å²) in [4.78, 5) is 4.21. The molecule has 1 aromatic carbocycles. The standard InChI is InChI=1S/C14H15NOS/c16-13(9-14-15-6-7-17-14)12-5-4-10-2-1-3-11(10)8-12/h4-8,13,16H,1-3,9H2. The monoisotopic (exact) mass is 245 g/mol. The summed E-state index contributed by atoms with van der Waals surface area (Å²) in [6, 6.07) is 6.39. The maximum atomic E-state index is 10.2. The molecule has 0 saturated heterocycles. The minimum Gasteiger partial charge on any atom is -0.388 e. The van der Waals surface area contributed by atoms with Crippen LogP contribution < -0.4 is 0 Å². The van der Waals surface area contributed by atoms with Crippen LogP contribution in [0.5, 0.6) is 0 Å². The first-order valence-corrected chi connectivity index (χ1v) is 6.89. The number of nitrogens with zero attached hydrogens (tertiary/aromatic N) is 1. The first-order valence-electron chi connectivity index (χ1n) is 6.01. The van der Waals surface area contributed by atoms with E-state index in [2.05, 4.69) is 23.2 Å². The fraction of sp³-hybridized carbons (Fsp3) is 0.357. The molecular formula is C14H15NOS. The van der Waals surface area contributed by atoms with E-state index in [1.165, 1.54) is 24.0 Å². The zero-order valence-electron chi connectivity index (χ0n) is 9.60. The lowest BCUT2D eigenvalue weighted by atomic mass is 10.0. The van der Waals surface area contributed by atoms with Gasteiger partial charge in [-0.15, -0.1) is 11.3 Å². The second kappa shape index (κ2) is 4.59. The molecule has 0 bridgehead atoms. The first-order chi connectivity index (χ1) is 8.33. The van der Waals surface area contributed by atoms with Gasteiger partial charge in [0.25, 0.3) is 0 Å². The van der Waals surface area contributed by atoms with E-state index in [0.717, 1.165) is 17.0 Å². The molecule has 17 heavy (non-hydrogen) atoms. The zero-order valence-corrected chi connectivity index (χ0v) is 10.4. The molecule has 1 aliphatic rings. The van der Waals surface area contributed by atoms with Gasteiger partial charge in [0.05, 0.1) is 11.1 Å². The molecule has 0 radical (unpaired) electrons. The summed E-state index contributed by atoms with van der Waals surface area (Å²) in [5.74, 6) is 0. The Morgan fingerprint density at radius 2 is 2.18 bits per heavy atom. The molecule has 88 valence electrons. The normalized spacial score (nSPS) is 15.8. The lowest BCUT2D eigenvalue weighted by Gasteiger charge is -2.11. The second-order valence-electron chi connectivity index (χ2n) is 4.53. The highest BCUT2D eigenvalue weighted by Crippen LogP contribution is 2.27. The fourth-order valence-electron chi connectivity index (χ4n) is 2.44. The number of aryl methyl sites for hydroxylation is 2. The summed E-state index contributed by atoms with van der Waals surface area (Å²) < 4.78 is 0. The van der Waals surface area contributed by atoms with E-state index >= 15 is 0 Å². The van der Waals surface area contributed by atoms with Crippen LogP contribution in [-0.4, -0.2) is 10.1 Å². The minimum atomic E-state index is -0.424. The average Bonchev–Trinajstić information content (AvgIpc) is 2.97. The fourth-order valence-corrected chi connectivity index (χ4v) is 3.09. The molecule has 2 nitrogen and oxygen atoms in total. The van der Waals surface area contributed by atoms with Gasteiger partial charge in [0.2, 0.25) is 0 Å². The number of benzene rings is 1. The van der Waals surface area contributed by atoms with Gasteiger partial charge in [0, 0.05) is 18.0 Å². The van der Waals surface area contributed by atoms with E-state index in [4.69, 9.17) is 0 Å². The molecule has 2 aromatic rings. The Morgan fingerprint density at radius 3 is 3.00 bits per heavy atom. The van der Waals surface area contributed by atoms with Crippen LogP contribution in [0, 0.1) is 0 Å². The van der Waals surface area contributed by atoms with Gasteiger partial charge in [-0.1, -0.05) is 18.2 Å². The summed E-state index contributed by atoms with van der Waals surface area (Å²) in [6.45, 7) is 0. The van der Waals surface area contributed by atoms with Crippen molar-refractivity contribution >= 4 is 11.3 Å². The van der Waals surface area contributed by atoms with Crippen molar-refractivity contribution in [2.24, 2.45) is 0 Å². The van der Waals surface area contributed by atoms with Crippen LogP contribution in [0.1, 0.15) is 34.2 Å². The predicted molar refractivity (Wildman–Crippen MR) is 69.2 cm³/mol. The summed E-state index contributed by atoms with van der Waals surface area (Å²) in [6.07, 6.45) is 5.59. The molecular weight excluding hydrogens is 230 g/mol. The van der Waals surface area contributed by atoms with Gasteiger partial charge in [-0.25, -0.2) is 4.98 Å². The number of hydrogen-bond acceptors (Lipinski definition) is 3. The molecule has 1 heterocycles. The lowest BCUT2D eigenvalue weighted by molar-refractivity contribution is 0.178. The van der Waals surface area contributed by atoms with E-state index in [9.17, 15) is 5.11 Å². The molecule has 0 saturated carbocycles. The maximum Gasteiger partial charge on any atom is 0.0954 e. The number of hydrogen-bond donors (Lipinski definition) is 1. The van der Waals surface area contributed by atoms with Crippen molar-refractivity contribution in [1.82, 2.24) is 4.98 Å². The SMILES string of the molecule is OC(Cc1nccs1)c1ccc2c(c1)CCC2. The Hall–Kier alpha value is -1.19. The summed E-state index contributed by atoms with van der Waals surface area (Å²) >= 11 is 1.60. The van der Waals surface area contributed by atoms with Crippen LogP contribution >= 0.6 is 11.3 Å². The van der Waals surface area contributed by atoms with Gasteiger partial charge in [0.15, 0.2) is 0 Å². The number of aromatic nitrogens is 1. The summed E-state index contributed by atoms with van der Waals surface area (Å²) in [7, 11) is 0. The van der Waals surface area contributed by atoms with Crippen molar-refractivity contribution in [2.75, 3.05) is 0 Å². The highest BCUT2D eigenvalue weighted by Gasteiger charge is 2.15. The van der Waals surface area contributed by atoms with Gasteiger partial charge in [0.1, 0.15) is 0 Å². The largest absolute Gasteiger partial charge is 0.388 e. The van der Waals surface area contributed by atoms with Gasteiger partial charge in [-0.2, -0.15) is 0 Å². The summed E-state index contributed by atoms with van der Waals surface area (Å²) in [5, 5.41) is 13.1. The topological polar surface area (TPSA) is 33.1 Å². The van der Waals surface area contributed by atoms with Crippen LogP contribution in [-0.2, 0) is 19.3 Å². The van der Waals surface area contributed by atoms with Crippen molar-refractivity contribution in [3.63, 3.8) is 0 Å². The quantitative estimate of drug-likeness (QED) is 0.902. The second-order valence-corrected chi connectivity index (χ2v) is 5.51. The molecule has 0 amide bonds. The predicted octanol–water partition coefficient (Wildman–Crippen LogP) is 2.91. The molecule has 1 N–H and O–H groups in total. The molecule has 1 unspecified atom stereocenters. The van der Waals surface area contributed by atoms with Crippen molar-refractivity contribution < 1.29 is 5.11 Å². The third kappa shape index (κ3) is 2.26. The minimum absolute atomic E-state index is 0.424. The van der Waals surface area contributed by atoms with E-state index < -0.39 is 6.10 Å². The Balaban J connectivity index is 1.79. The smallest absolute Gasteiger partial charge is 0.0954 e. The van der Waals surface area contributed by atoms with Crippen molar-refractivity contribution in [1.29, 1.82) is 0 Å². The Labute approximate surface area is 105 Å².